The van der Waals surface area contributed by atoms with Crippen LogP contribution in [-0.4, -0.2) is 9.78 Å². The number of rotatable bonds is 3. The van der Waals surface area contributed by atoms with Crippen LogP contribution < -0.4 is 10.5 Å². The number of hydrogen-bond acceptors (Lipinski definition) is 3. The van der Waals surface area contributed by atoms with E-state index in [9.17, 15) is 4.39 Å². The molecule has 1 aromatic heterocycles. The van der Waals surface area contributed by atoms with Crippen LogP contribution in [-0.2, 0) is 13.6 Å². The van der Waals surface area contributed by atoms with E-state index < -0.39 is 0 Å². The third kappa shape index (κ3) is 2.39. The van der Waals surface area contributed by atoms with Crippen LogP contribution >= 0.6 is 15.9 Å². The number of nitrogens with two attached hydrogens (primary N) is 1. The number of benzene rings is 1. The Bertz CT molecular complexity index is 583. The summed E-state index contributed by atoms with van der Waals surface area (Å²) >= 11 is 3.12. The molecule has 1 aromatic carbocycles. The van der Waals surface area contributed by atoms with Gasteiger partial charge in [-0.15, -0.1) is 0 Å². The average molecular weight is 314 g/mol. The van der Waals surface area contributed by atoms with Crippen LogP contribution in [0.2, 0.25) is 0 Å². The zero-order valence-electron chi connectivity index (χ0n) is 10.1. The predicted molar refractivity (Wildman–Crippen MR) is 70.0 cm³/mol. The monoisotopic (exact) mass is 313 g/mol. The molecule has 0 atom stereocenters. The van der Waals surface area contributed by atoms with Crippen molar-refractivity contribution in [1.82, 2.24) is 9.78 Å². The number of aromatic nitrogens is 2. The van der Waals surface area contributed by atoms with Crippen molar-refractivity contribution in [1.29, 1.82) is 0 Å². The highest BCUT2D eigenvalue weighted by Gasteiger charge is 2.14. The molecule has 0 unspecified atom stereocenters. The maximum Gasteiger partial charge on any atom is 0.222 e. The molecule has 18 heavy (non-hydrogen) atoms. The van der Waals surface area contributed by atoms with Gasteiger partial charge in [0.25, 0.3) is 0 Å². The smallest absolute Gasteiger partial charge is 0.222 e. The summed E-state index contributed by atoms with van der Waals surface area (Å²) in [5, 5.41) is 4.24. The van der Waals surface area contributed by atoms with Gasteiger partial charge in [0.05, 0.1) is 15.7 Å². The van der Waals surface area contributed by atoms with E-state index in [1.54, 1.807) is 23.9 Å². The molecule has 0 bridgehead atoms. The van der Waals surface area contributed by atoms with Gasteiger partial charge in [-0.25, -0.2) is 9.07 Å². The fourth-order valence-electron chi connectivity index (χ4n) is 1.70. The summed E-state index contributed by atoms with van der Waals surface area (Å²) in [6.45, 7) is 2.22. The molecule has 0 fully saturated rings. The normalized spacial score (nSPS) is 10.7. The zero-order chi connectivity index (χ0) is 13.3. The Hall–Kier alpha value is -1.40. The molecule has 0 saturated heterocycles. The van der Waals surface area contributed by atoms with Crippen molar-refractivity contribution in [2.75, 3.05) is 0 Å². The molecule has 0 aliphatic rings. The number of ether oxygens (including phenoxy) is 1. The minimum Gasteiger partial charge on any atom is -0.439 e. The maximum atomic E-state index is 13.1. The Balaban J connectivity index is 2.36. The van der Waals surface area contributed by atoms with Crippen molar-refractivity contribution in [2.45, 2.75) is 13.5 Å². The van der Waals surface area contributed by atoms with Crippen LogP contribution in [0.4, 0.5) is 4.39 Å². The van der Waals surface area contributed by atoms with Gasteiger partial charge in [0.2, 0.25) is 5.88 Å². The summed E-state index contributed by atoms with van der Waals surface area (Å²) < 4.78 is 20.8. The molecule has 2 N–H and O–H groups in total. The quantitative estimate of drug-likeness (QED) is 0.948. The molecule has 6 heteroatoms. The first-order valence-corrected chi connectivity index (χ1v) is 6.17. The molecule has 4 nitrogen and oxygen atoms in total. The van der Waals surface area contributed by atoms with Crippen molar-refractivity contribution in [3.05, 3.63) is 39.7 Å². The van der Waals surface area contributed by atoms with Crippen LogP contribution in [0.3, 0.4) is 0 Å². The van der Waals surface area contributed by atoms with Gasteiger partial charge in [-0.2, -0.15) is 5.10 Å². The van der Waals surface area contributed by atoms with Gasteiger partial charge in [-0.3, -0.25) is 0 Å². The minimum atomic E-state index is -0.331. The Morgan fingerprint density at radius 3 is 2.83 bits per heavy atom. The summed E-state index contributed by atoms with van der Waals surface area (Å²) in [4.78, 5) is 0. The molecule has 2 aromatic rings. The molecule has 0 spiro atoms. The van der Waals surface area contributed by atoms with Gasteiger partial charge in [0.1, 0.15) is 11.6 Å². The second-order valence-electron chi connectivity index (χ2n) is 3.87. The topological polar surface area (TPSA) is 53.1 Å². The highest BCUT2D eigenvalue weighted by Crippen LogP contribution is 2.29. The Kier molecular flexibility index (Phi) is 3.68. The third-order valence-electron chi connectivity index (χ3n) is 2.60. The highest BCUT2D eigenvalue weighted by molar-refractivity contribution is 9.10. The van der Waals surface area contributed by atoms with E-state index in [1.165, 1.54) is 6.07 Å². The molecule has 1 heterocycles. The summed E-state index contributed by atoms with van der Waals surface area (Å²) in [6.07, 6.45) is 0. The largest absolute Gasteiger partial charge is 0.439 e. The van der Waals surface area contributed by atoms with Crippen LogP contribution in [0.5, 0.6) is 11.6 Å². The van der Waals surface area contributed by atoms with E-state index in [0.717, 1.165) is 11.3 Å². The van der Waals surface area contributed by atoms with Crippen molar-refractivity contribution < 1.29 is 9.13 Å². The number of halogens is 2. The first-order valence-electron chi connectivity index (χ1n) is 5.38. The van der Waals surface area contributed by atoms with Crippen molar-refractivity contribution in [3.63, 3.8) is 0 Å². The van der Waals surface area contributed by atoms with Gasteiger partial charge >= 0.3 is 0 Å². The van der Waals surface area contributed by atoms with Gasteiger partial charge in [0.15, 0.2) is 0 Å². The lowest BCUT2D eigenvalue weighted by atomic mass is 10.2. The number of aryl methyl sites for hydroxylation is 2. The second kappa shape index (κ2) is 5.07. The number of hydrogen-bond donors (Lipinski definition) is 1. The van der Waals surface area contributed by atoms with Crippen LogP contribution in [0.15, 0.2) is 22.7 Å². The summed E-state index contributed by atoms with van der Waals surface area (Å²) in [5.74, 6) is 0.775. The van der Waals surface area contributed by atoms with Gasteiger partial charge in [-0.1, -0.05) is 0 Å². The molecule has 0 amide bonds. The average Bonchev–Trinajstić information content (AvgIpc) is 2.58. The molecular weight excluding hydrogens is 301 g/mol. The highest BCUT2D eigenvalue weighted by atomic mass is 79.9. The Morgan fingerprint density at radius 1 is 1.50 bits per heavy atom. The minimum absolute atomic E-state index is 0.331. The van der Waals surface area contributed by atoms with Crippen LogP contribution in [0.1, 0.15) is 11.3 Å². The molecular formula is C12H13BrFN3O. The van der Waals surface area contributed by atoms with Crippen molar-refractivity contribution in [2.24, 2.45) is 12.8 Å². The molecule has 0 saturated carbocycles. The van der Waals surface area contributed by atoms with Crippen LogP contribution in [0, 0.1) is 12.7 Å². The summed E-state index contributed by atoms with van der Waals surface area (Å²) in [7, 11) is 1.78. The van der Waals surface area contributed by atoms with Crippen molar-refractivity contribution in [3.8, 4) is 11.6 Å². The van der Waals surface area contributed by atoms with Gasteiger partial charge in [-0.05, 0) is 41.1 Å². The summed E-state index contributed by atoms with van der Waals surface area (Å²) in [5.41, 5.74) is 7.34. The molecule has 2 rings (SSSR count). The van der Waals surface area contributed by atoms with Crippen LogP contribution in [0.25, 0.3) is 0 Å². The third-order valence-corrected chi connectivity index (χ3v) is 3.21. The number of nitrogens with zero attached hydrogens (tertiary/aromatic N) is 2. The molecule has 0 aliphatic carbocycles. The maximum absolute atomic E-state index is 13.1. The van der Waals surface area contributed by atoms with E-state index in [4.69, 9.17) is 10.5 Å². The molecule has 96 valence electrons. The second-order valence-corrected chi connectivity index (χ2v) is 4.73. The zero-order valence-corrected chi connectivity index (χ0v) is 11.7. The van der Waals surface area contributed by atoms with Gasteiger partial charge in [0, 0.05) is 13.6 Å². The Morgan fingerprint density at radius 2 is 2.22 bits per heavy atom. The van der Waals surface area contributed by atoms with E-state index in [0.29, 0.717) is 22.6 Å². The fraction of sp³-hybridized carbons (Fsp3) is 0.250. The molecule has 0 aliphatic heterocycles. The SMILES string of the molecule is Cc1nn(C)c(Oc2ccc(F)c(Br)c2)c1CN. The van der Waals surface area contributed by atoms with E-state index in [-0.39, 0.29) is 5.82 Å². The van der Waals surface area contributed by atoms with Gasteiger partial charge < -0.3 is 10.5 Å². The standard InChI is InChI=1S/C12H13BrFN3O/c1-7-9(6-15)12(17(2)16-7)18-8-3-4-11(14)10(13)5-8/h3-5H,6,15H2,1-2H3. The van der Waals surface area contributed by atoms with E-state index >= 15 is 0 Å². The first-order chi connectivity index (χ1) is 8.52. The fourth-order valence-corrected chi connectivity index (χ4v) is 2.05. The Labute approximate surface area is 113 Å². The lowest BCUT2D eigenvalue weighted by Crippen LogP contribution is -2.01. The lowest BCUT2D eigenvalue weighted by Gasteiger charge is -2.08. The van der Waals surface area contributed by atoms with E-state index in [2.05, 4.69) is 21.0 Å². The first kappa shape index (κ1) is 13.0. The predicted octanol–water partition coefficient (Wildman–Crippen LogP) is 2.88. The molecule has 0 radical (unpaired) electrons. The van der Waals surface area contributed by atoms with Crippen molar-refractivity contribution >= 4 is 15.9 Å². The lowest BCUT2D eigenvalue weighted by molar-refractivity contribution is 0.424. The van der Waals surface area contributed by atoms with E-state index in [1.807, 2.05) is 6.92 Å². The summed E-state index contributed by atoms with van der Waals surface area (Å²) in [6, 6.07) is 4.46.